The summed E-state index contributed by atoms with van der Waals surface area (Å²) in [5, 5.41) is 10.7. The molecule has 1 aliphatic rings. The second-order valence-electron chi connectivity index (χ2n) is 6.41. The van der Waals surface area contributed by atoms with Crippen molar-refractivity contribution in [2.24, 2.45) is 5.10 Å². The molecule has 0 radical (unpaired) electrons. The summed E-state index contributed by atoms with van der Waals surface area (Å²) in [7, 11) is -3.01. The van der Waals surface area contributed by atoms with Gasteiger partial charge in [0.25, 0.3) is 0 Å². The summed E-state index contributed by atoms with van der Waals surface area (Å²) >= 11 is 0. The number of rotatable bonds is 4. The van der Waals surface area contributed by atoms with Gasteiger partial charge in [0, 0.05) is 17.3 Å². The minimum absolute atomic E-state index is 0.0810. The van der Waals surface area contributed by atoms with Gasteiger partial charge in [0.05, 0.1) is 29.5 Å². The number of carbonyl (C=O) groups excluding carboxylic acids is 2. The third-order valence-corrected chi connectivity index (χ3v) is 5.67. The molecule has 10 heteroatoms. The summed E-state index contributed by atoms with van der Waals surface area (Å²) in [5.74, 6) is -1.36. The van der Waals surface area contributed by atoms with Crippen LogP contribution in [0.15, 0.2) is 5.10 Å². The molecule has 0 spiro atoms. The highest BCUT2D eigenvalue weighted by atomic mass is 32.2. The van der Waals surface area contributed by atoms with Crippen LogP contribution in [0.1, 0.15) is 43.3 Å². The molecule has 1 fully saturated rings. The van der Waals surface area contributed by atoms with Gasteiger partial charge in [-0.15, -0.1) is 0 Å². The fraction of sp³-hybridized carbons (Fsp3) is 0.600. The van der Waals surface area contributed by atoms with E-state index in [2.05, 4.69) is 20.9 Å². The zero-order valence-electron chi connectivity index (χ0n) is 14.7. The SMILES string of the molecule is Cc1nn([C@H]2CCS(=O)(=O)C2)c(C)c1/C=N\NC(=O)C(=O)NC(C)C. The zero-order valence-corrected chi connectivity index (χ0v) is 15.6. The minimum Gasteiger partial charge on any atom is -0.346 e. The molecule has 2 rings (SSSR count). The fourth-order valence-corrected chi connectivity index (χ4v) is 4.41. The van der Waals surface area contributed by atoms with Crippen molar-refractivity contribution in [2.45, 2.75) is 46.2 Å². The van der Waals surface area contributed by atoms with Gasteiger partial charge in [0.2, 0.25) is 0 Å². The van der Waals surface area contributed by atoms with Crippen LogP contribution in [0.2, 0.25) is 0 Å². The van der Waals surface area contributed by atoms with E-state index in [0.29, 0.717) is 17.7 Å². The number of nitrogens with zero attached hydrogens (tertiary/aromatic N) is 3. The molecular formula is C15H23N5O4S. The molecule has 2 amide bonds. The first-order chi connectivity index (χ1) is 11.6. The van der Waals surface area contributed by atoms with E-state index in [9.17, 15) is 18.0 Å². The van der Waals surface area contributed by atoms with Crippen molar-refractivity contribution >= 4 is 27.9 Å². The van der Waals surface area contributed by atoms with Crippen molar-refractivity contribution in [3.63, 3.8) is 0 Å². The summed E-state index contributed by atoms with van der Waals surface area (Å²) in [5.41, 5.74) is 4.30. The lowest BCUT2D eigenvalue weighted by Crippen LogP contribution is -2.41. The van der Waals surface area contributed by atoms with Gasteiger partial charge in [0.1, 0.15) is 0 Å². The monoisotopic (exact) mass is 369 g/mol. The average Bonchev–Trinajstić information content (AvgIpc) is 2.99. The summed E-state index contributed by atoms with van der Waals surface area (Å²) in [6.45, 7) is 7.10. The second kappa shape index (κ2) is 7.34. The molecule has 0 aliphatic carbocycles. The maximum absolute atomic E-state index is 11.7. The van der Waals surface area contributed by atoms with Crippen LogP contribution in [-0.4, -0.2) is 53.8 Å². The Bertz CT molecular complexity index is 810. The number of nitrogens with one attached hydrogen (secondary N) is 2. The molecule has 1 saturated heterocycles. The van der Waals surface area contributed by atoms with E-state index in [-0.39, 0.29) is 23.6 Å². The van der Waals surface area contributed by atoms with Gasteiger partial charge >= 0.3 is 11.8 Å². The Morgan fingerprint density at radius 3 is 2.56 bits per heavy atom. The Hall–Kier alpha value is -2.23. The van der Waals surface area contributed by atoms with Gasteiger partial charge in [0.15, 0.2) is 9.84 Å². The number of sulfone groups is 1. The van der Waals surface area contributed by atoms with Gasteiger partial charge in [-0.1, -0.05) is 0 Å². The molecule has 2 N–H and O–H groups in total. The molecule has 9 nitrogen and oxygen atoms in total. The largest absolute Gasteiger partial charge is 0.346 e. The van der Waals surface area contributed by atoms with Crippen molar-refractivity contribution < 1.29 is 18.0 Å². The zero-order chi connectivity index (χ0) is 18.8. The normalized spacial score (nSPS) is 19.5. The third-order valence-electron chi connectivity index (χ3n) is 3.92. The van der Waals surface area contributed by atoms with Crippen molar-refractivity contribution in [1.82, 2.24) is 20.5 Å². The van der Waals surface area contributed by atoms with Crippen LogP contribution in [-0.2, 0) is 19.4 Å². The predicted molar refractivity (Wildman–Crippen MR) is 93.0 cm³/mol. The van der Waals surface area contributed by atoms with E-state index < -0.39 is 21.7 Å². The molecule has 0 unspecified atom stereocenters. The highest BCUT2D eigenvalue weighted by Gasteiger charge is 2.31. The molecule has 0 aromatic carbocycles. The number of carbonyl (C=O) groups is 2. The van der Waals surface area contributed by atoms with Crippen molar-refractivity contribution in [3.8, 4) is 0 Å². The first kappa shape index (κ1) is 19.1. The maximum atomic E-state index is 11.7. The molecule has 0 bridgehead atoms. The highest BCUT2D eigenvalue weighted by Crippen LogP contribution is 2.26. The second-order valence-corrected chi connectivity index (χ2v) is 8.64. The lowest BCUT2D eigenvalue weighted by atomic mass is 10.2. The summed E-state index contributed by atoms with van der Waals surface area (Å²) in [6, 6.07) is -0.329. The molecule has 1 aliphatic heterocycles. The van der Waals surface area contributed by atoms with Crippen LogP contribution in [0, 0.1) is 13.8 Å². The van der Waals surface area contributed by atoms with Gasteiger partial charge in [-0.2, -0.15) is 10.2 Å². The molecule has 25 heavy (non-hydrogen) atoms. The van der Waals surface area contributed by atoms with Crippen LogP contribution in [0.3, 0.4) is 0 Å². The standard InChI is InChI=1S/C15H23N5O4S/c1-9(2)17-14(21)15(22)18-16-7-13-10(3)19-20(11(13)4)12-5-6-25(23,24)8-12/h7,9,12H,5-6,8H2,1-4H3,(H,17,21)(H,18,22)/b16-7-/t12-/m0/s1. The Morgan fingerprint density at radius 1 is 1.32 bits per heavy atom. The van der Waals surface area contributed by atoms with E-state index >= 15 is 0 Å². The van der Waals surface area contributed by atoms with Crippen LogP contribution in [0.4, 0.5) is 0 Å². The predicted octanol–water partition coefficient (Wildman–Crippen LogP) is -0.166. The number of hydrogen-bond donors (Lipinski definition) is 2. The smallest absolute Gasteiger partial charge is 0.329 e. The van der Waals surface area contributed by atoms with Crippen molar-refractivity contribution in [1.29, 1.82) is 0 Å². The fourth-order valence-electron chi connectivity index (χ4n) is 2.72. The van der Waals surface area contributed by atoms with Gasteiger partial charge < -0.3 is 5.32 Å². The van der Waals surface area contributed by atoms with E-state index in [1.165, 1.54) is 6.21 Å². The lowest BCUT2D eigenvalue weighted by molar-refractivity contribution is -0.139. The first-order valence-electron chi connectivity index (χ1n) is 8.00. The van der Waals surface area contributed by atoms with E-state index in [0.717, 1.165) is 5.69 Å². The number of aromatic nitrogens is 2. The van der Waals surface area contributed by atoms with Crippen molar-refractivity contribution in [3.05, 3.63) is 17.0 Å². The minimum atomic E-state index is -3.01. The Labute approximate surface area is 146 Å². The van der Waals surface area contributed by atoms with Gasteiger partial charge in [-0.25, -0.2) is 13.8 Å². The molecule has 138 valence electrons. The molecule has 0 saturated carbocycles. The van der Waals surface area contributed by atoms with Crippen molar-refractivity contribution in [2.75, 3.05) is 11.5 Å². The molecule has 1 atom stereocenters. The average molecular weight is 369 g/mol. The third kappa shape index (κ3) is 4.65. The van der Waals surface area contributed by atoms with E-state index in [1.807, 2.05) is 6.92 Å². The Morgan fingerprint density at radius 2 is 2.00 bits per heavy atom. The maximum Gasteiger partial charge on any atom is 0.329 e. The highest BCUT2D eigenvalue weighted by molar-refractivity contribution is 7.91. The van der Waals surface area contributed by atoms with Crippen LogP contribution in [0.25, 0.3) is 0 Å². The quantitative estimate of drug-likeness (QED) is 0.433. The molecular weight excluding hydrogens is 346 g/mol. The van der Waals surface area contributed by atoms with E-state index in [4.69, 9.17) is 0 Å². The summed E-state index contributed by atoms with van der Waals surface area (Å²) in [6.07, 6.45) is 1.95. The number of aryl methyl sites for hydroxylation is 1. The summed E-state index contributed by atoms with van der Waals surface area (Å²) in [4.78, 5) is 23.1. The number of hydrogen-bond acceptors (Lipinski definition) is 6. The number of amides is 2. The topological polar surface area (TPSA) is 123 Å². The summed E-state index contributed by atoms with van der Waals surface area (Å²) < 4.78 is 25.0. The van der Waals surface area contributed by atoms with Crippen LogP contribution in [0.5, 0.6) is 0 Å². The molecule has 1 aromatic rings. The number of hydrazone groups is 1. The van der Waals surface area contributed by atoms with Gasteiger partial charge in [-0.3, -0.25) is 14.3 Å². The van der Waals surface area contributed by atoms with Crippen LogP contribution >= 0.6 is 0 Å². The molecule has 2 heterocycles. The molecule has 1 aromatic heterocycles. The lowest BCUT2D eigenvalue weighted by Gasteiger charge is -2.10. The Balaban J connectivity index is 2.08. The van der Waals surface area contributed by atoms with Crippen LogP contribution < -0.4 is 10.7 Å². The Kier molecular flexibility index (Phi) is 5.61. The van der Waals surface area contributed by atoms with Gasteiger partial charge in [-0.05, 0) is 34.1 Å². The van der Waals surface area contributed by atoms with E-state index in [1.54, 1.807) is 25.5 Å². The first-order valence-corrected chi connectivity index (χ1v) is 9.83.